The Labute approximate surface area is 251 Å². The van der Waals surface area contributed by atoms with Crippen LogP contribution < -0.4 is 24.4 Å². The van der Waals surface area contributed by atoms with Crippen LogP contribution in [0.3, 0.4) is 0 Å². The summed E-state index contributed by atoms with van der Waals surface area (Å²) in [5.74, 6) is 0.0945. The van der Waals surface area contributed by atoms with Crippen molar-refractivity contribution in [3.63, 3.8) is 0 Å². The minimum absolute atomic E-state index is 0.112. The Morgan fingerprint density at radius 1 is 1.00 bits per heavy atom. The second kappa shape index (κ2) is 12.6. The molecule has 1 N–H and O–H groups in total. The molecule has 0 spiro atoms. The van der Waals surface area contributed by atoms with E-state index < -0.39 is 18.2 Å². The van der Waals surface area contributed by atoms with E-state index in [1.807, 2.05) is 0 Å². The molecule has 0 saturated heterocycles. The Bertz CT molecular complexity index is 1480. The number of nitrogens with zero attached hydrogens (tertiary/aromatic N) is 1. The predicted molar refractivity (Wildman–Crippen MR) is 154 cm³/mol. The first kappa shape index (κ1) is 30.3. The molecule has 1 aliphatic heterocycles. The van der Waals surface area contributed by atoms with Gasteiger partial charge in [-0.05, 0) is 54.5 Å². The van der Waals surface area contributed by atoms with Crippen LogP contribution in [-0.2, 0) is 20.7 Å². The third-order valence-electron chi connectivity index (χ3n) is 7.58. The van der Waals surface area contributed by atoms with Crippen molar-refractivity contribution in [2.45, 2.75) is 31.7 Å². The van der Waals surface area contributed by atoms with Gasteiger partial charge in [-0.3, -0.25) is 9.59 Å². The number of anilines is 2. The number of nitrogens with one attached hydrogen (secondary N) is 1. The first-order valence-corrected chi connectivity index (χ1v) is 14.0. The van der Waals surface area contributed by atoms with E-state index in [0.29, 0.717) is 59.3 Å². The van der Waals surface area contributed by atoms with Crippen molar-refractivity contribution in [2.24, 2.45) is 11.8 Å². The lowest BCUT2D eigenvalue weighted by atomic mass is 9.75. The zero-order valence-corrected chi connectivity index (χ0v) is 24.2. The molecule has 0 unspecified atom stereocenters. The average molecular weight is 619 g/mol. The number of halogens is 4. The van der Waals surface area contributed by atoms with Gasteiger partial charge in [0.2, 0.25) is 0 Å². The second-order valence-electron chi connectivity index (χ2n) is 10.5. The van der Waals surface area contributed by atoms with Crippen LogP contribution in [0.15, 0.2) is 60.7 Å². The van der Waals surface area contributed by atoms with Gasteiger partial charge < -0.3 is 29.2 Å². The average Bonchev–Trinajstić information content (AvgIpc) is 3.37. The maximum Gasteiger partial charge on any atom is 0.573 e. The van der Waals surface area contributed by atoms with Gasteiger partial charge in [0.15, 0.2) is 0 Å². The molecule has 2 aliphatic rings. The highest BCUT2D eigenvalue weighted by atomic mass is 35.5. The molecule has 43 heavy (non-hydrogen) atoms. The number of rotatable bonds is 10. The fourth-order valence-electron chi connectivity index (χ4n) is 5.35. The summed E-state index contributed by atoms with van der Waals surface area (Å²) in [4.78, 5) is 27.2. The molecule has 1 fully saturated rings. The lowest BCUT2D eigenvalue weighted by Crippen LogP contribution is -2.37. The van der Waals surface area contributed by atoms with Crippen LogP contribution in [0.1, 0.15) is 30.0 Å². The molecule has 1 heterocycles. The molecule has 1 saturated carbocycles. The molecule has 3 aromatic carbocycles. The van der Waals surface area contributed by atoms with E-state index in [2.05, 4.69) is 10.1 Å². The standard InChI is InChI=1S/C31H30ClF3N2O6/c1-40-25-13-23(14-26(15-25)42-17-18-11-21(12-18)30(39)41-2)36-28(20-3-6-22(32)7-4-20)29(38)37-10-9-19-5-8-24(16-27(19)37)43-31(33,34)35/h3-8,13-16,18,21,28,36H,9-12,17H2,1-2H3/t18?,21?,28-/m1/s1. The maximum atomic E-state index is 14.1. The van der Waals surface area contributed by atoms with Gasteiger partial charge >= 0.3 is 12.3 Å². The van der Waals surface area contributed by atoms with E-state index in [9.17, 15) is 22.8 Å². The van der Waals surface area contributed by atoms with Crippen molar-refractivity contribution < 1.29 is 41.7 Å². The summed E-state index contributed by atoms with van der Waals surface area (Å²) in [5, 5.41) is 3.75. The maximum absolute atomic E-state index is 14.1. The van der Waals surface area contributed by atoms with Crippen LogP contribution in [0.4, 0.5) is 24.5 Å². The van der Waals surface area contributed by atoms with Crippen LogP contribution in [0, 0.1) is 11.8 Å². The zero-order chi connectivity index (χ0) is 30.7. The van der Waals surface area contributed by atoms with E-state index in [4.69, 9.17) is 25.8 Å². The molecule has 1 aliphatic carbocycles. The van der Waals surface area contributed by atoms with E-state index >= 15 is 0 Å². The number of fused-ring (bicyclic) bond motifs is 1. The molecule has 8 nitrogen and oxygen atoms in total. The Morgan fingerprint density at radius 3 is 2.40 bits per heavy atom. The molecule has 0 radical (unpaired) electrons. The van der Waals surface area contributed by atoms with Crippen LogP contribution in [0.2, 0.25) is 5.02 Å². The van der Waals surface area contributed by atoms with Crippen LogP contribution in [0.5, 0.6) is 17.2 Å². The van der Waals surface area contributed by atoms with Crippen LogP contribution >= 0.6 is 11.6 Å². The molecule has 0 aromatic heterocycles. The number of carbonyl (C=O) groups excluding carboxylic acids is 2. The van der Waals surface area contributed by atoms with Crippen molar-refractivity contribution in [1.82, 2.24) is 0 Å². The summed E-state index contributed by atoms with van der Waals surface area (Å²) < 4.78 is 59.1. The van der Waals surface area contributed by atoms with Crippen LogP contribution in [-0.4, -0.2) is 45.6 Å². The lowest BCUT2D eigenvalue weighted by molar-refractivity contribution is -0.274. The number of esters is 1. The number of hydrogen-bond acceptors (Lipinski definition) is 7. The van der Waals surface area contributed by atoms with Gasteiger partial charge in [0.25, 0.3) is 5.91 Å². The van der Waals surface area contributed by atoms with Gasteiger partial charge in [0, 0.05) is 41.5 Å². The number of amides is 1. The number of hydrogen-bond donors (Lipinski definition) is 1. The molecule has 0 bridgehead atoms. The smallest absolute Gasteiger partial charge is 0.497 e. The van der Waals surface area contributed by atoms with Crippen molar-refractivity contribution >= 4 is 34.9 Å². The minimum Gasteiger partial charge on any atom is -0.497 e. The molecule has 228 valence electrons. The van der Waals surface area contributed by atoms with E-state index in [0.717, 1.165) is 5.56 Å². The van der Waals surface area contributed by atoms with Crippen LogP contribution in [0.25, 0.3) is 0 Å². The third kappa shape index (κ3) is 7.27. The molecule has 5 rings (SSSR count). The first-order valence-electron chi connectivity index (χ1n) is 13.6. The summed E-state index contributed by atoms with van der Waals surface area (Å²) in [7, 11) is 2.89. The molecular formula is C31H30ClF3N2O6. The zero-order valence-electron chi connectivity index (χ0n) is 23.4. The van der Waals surface area contributed by atoms with Gasteiger partial charge in [-0.1, -0.05) is 29.8 Å². The van der Waals surface area contributed by atoms with E-state index in [1.54, 1.807) is 42.5 Å². The molecule has 1 atom stereocenters. The summed E-state index contributed by atoms with van der Waals surface area (Å²) in [6.07, 6.45) is -3.01. The SMILES string of the molecule is COC(=O)C1CC(COc2cc(N[C@@H](C(=O)N3CCc4ccc(OC(F)(F)F)cc43)c3ccc(Cl)cc3)cc(OC)c2)C1. The van der Waals surface area contributed by atoms with Gasteiger partial charge in [-0.15, -0.1) is 13.2 Å². The Morgan fingerprint density at radius 2 is 1.72 bits per heavy atom. The fraction of sp³-hybridized carbons (Fsp3) is 0.355. The van der Waals surface area contributed by atoms with Crippen molar-refractivity contribution in [3.8, 4) is 17.2 Å². The fourth-order valence-corrected chi connectivity index (χ4v) is 5.48. The molecule has 3 aromatic rings. The Hall–Kier alpha value is -4.12. The van der Waals surface area contributed by atoms with Gasteiger partial charge in [-0.25, -0.2) is 0 Å². The van der Waals surface area contributed by atoms with Crippen molar-refractivity contribution in [3.05, 3.63) is 76.8 Å². The third-order valence-corrected chi connectivity index (χ3v) is 7.84. The van der Waals surface area contributed by atoms with E-state index in [1.165, 1.54) is 37.3 Å². The van der Waals surface area contributed by atoms with Gasteiger partial charge in [0.1, 0.15) is 23.3 Å². The topological polar surface area (TPSA) is 86.3 Å². The monoisotopic (exact) mass is 618 g/mol. The normalized spacial score (nSPS) is 18.2. The lowest BCUT2D eigenvalue weighted by Gasteiger charge is -2.33. The van der Waals surface area contributed by atoms with E-state index in [-0.39, 0.29) is 30.3 Å². The first-order chi connectivity index (χ1) is 20.5. The minimum atomic E-state index is -4.86. The highest BCUT2D eigenvalue weighted by Crippen LogP contribution is 2.38. The number of methoxy groups -OCH3 is 2. The molecule has 12 heteroatoms. The summed E-state index contributed by atoms with van der Waals surface area (Å²) in [6, 6.07) is 15.0. The number of ether oxygens (including phenoxy) is 4. The second-order valence-corrected chi connectivity index (χ2v) is 10.9. The predicted octanol–water partition coefficient (Wildman–Crippen LogP) is 6.57. The molecule has 1 amide bonds. The quantitative estimate of drug-likeness (QED) is 0.257. The number of carbonyl (C=O) groups is 2. The number of alkyl halides is 3. The largest absolute Gasteiger partial charge is 0.573 e. The van der Waals surface area contributed by atoms with Crippen molar-refractivity contribution in [1.29, 1.82) is 0 Å². The molecular weight excluding hydrogens is 589 g/mol. The van der Waals surface area contributed by atoms with Crippen molar-refractivity contribution in [2.75, 3.05) is 37.6 Å². The highest BCUT2D eigenvalue weighted by Gasteiger charge is 2.36. The number of benzene rings is 3. The Kier molecular flexibility index (Phi) is 8.91. The summed E-state index contributed by atoms with van der Waals surface area (Å²) in [5.41, 5.74) is 2.21. The summed E-state index contributed by atoms with van der Waals surface area (Å²) in [6.45, 7) is 0.683. The van der Waals surface area contributed by atoms with Gasteiger partial charge in [-0.2, -0.15) is 0 Å². The highest BCUT2D eigenvalue weighted by molar-refractivity contribution is 6.30. The Balaban J connectivity index is 1.38. The summed E-state index contributed by atoms with van der Waals surface area (Å²) >= 11 is 6.11. The van der Waals surface area contributed by atoms with Gasteiger partial charge in [0.05, 0.1) is 32.4 Å².